The second-order valence-corrected chi connectivity index (χ2v) is 33.2. The monoisotopic (exact) mass is 1840 g/mol. The Morgan fingerprint density at radius 2 is 0.754 bits per heavy atom. The molecule has 8 saturated heterocycles. The van der Waals surface area contributed by atoms with Gasteiger partial charge in [0, 0.05) is 150 Å². The average Bonchev–Trinajstić information content (AvgIpc) is 1.60. The number of aryl methyl sites for hydroxylation is 1. The molecule has 134 heavy (non-hydrogen) atoms. The van der Waals surface area contributed by atoms with Crippen LogP contribution in [0.25, 0.3) is 23.0 Å². The predicted octanol–water partition coefficient (Wildman–Crippen LogP) is 10.3. The zero-order chi connectivity index (χ0) is 93.9. The van der Waals surface area contributed by atoms with E-state index < -0.39 is 76.7 Å². The summed E-state index contributed by atoms with van der Waals surface area (Å²) in [5.41, 5.74) is 4.99. The van der Waals surface area contributed by atoms with Gasteiger partial charge >= 0.3 is 0 Å². The number of amides is 4. The van der Waals surface area contributed by atoms with Crippen molar-refractivity contribution in [1.82, 2.24) is 44.2 Å². The number of para-hydroxylation sites is 1. The molecule has 4 unspecified atom stereocenters. The van der Waals surface area contributed by atoms with Gasteiger partial charge in [-0.25, -0.2) is 4.39 Å². The lowest BCUT2D eigenvalue weighted by molar-refractivity contribution is -0.140. The summed E-state index contributed by atoms with van der Waals surface area (Å²) in [4.78, 5) is 124. The fourth-order valence-corrected chi connectivity index (χ4v) is 18.1. The first-order chi connectivity index (χ1) is 65.2. The number of rotatable bonds is 26. The number of carbonyl (C=O) groups excluding carboxylic acids is 8. The number of hydrogen-bond acceptors (Lipinski definition) is 28. The van der Waals surface area contributed by atoms with Gasteiger partial charge in [-0.1, -0.05) is 103 Å². The fourth-order valence-electron chi connectivity index (χ4n) is 18.1. The third-order valence-corrected chi connectivity index (χ3v) is 25.0. The highest BCUT2D eigenvalue weighted by molar-refractivity contribution is 6.48. The average molecular weight is 1840 g/mol. The third kappa shape index (κ3) is 21.6. The minimum Gasteiger partial charge on any atom is -0.507 e. The number of pyridine rings is 1. The summed E-state index contributed by atoms with van der Waals surface area (Å²) in [7, 11) is 4.62. The zero-order valence-electron chi connectivity index (χ0n) is 75.3. The van der Waals surface area contributed by atoms with Gasteiger partial charge in [0.2, 0.25) is 6.79 Å². The molecule has 0 radical (unpaired) electrons. The molecule has 10 aliphatic rings. The van der Waals surface area contributed by atoms with Crippen LogP contribution in [0.1, 0.15) is 93.5 Å². The Labute approximate surface area is 775 Å². The highest BCUT2D eigenvalue weighted by Crippen LogP contribution is 2.49. The first-order valence-corrected chi connectivity index (χ1v) is 45.0. The molecule has 32 nitrogen and oxygen atoms in total. The minimum absolute atomic E-state index is 0.0501. The lowest BCUT2D eigenvalue weighted by atomic mass is 9.94. The number of aliphatic hydroxyl groups excluding tert-OH is 4. The topological polar surface area (TPSA) is 358 Å². The second-order valence-electron chi connectivity index (χ2n) is 33.2. The maximum absolute atomic E-state index is 14.9. The molecule has 4 atom stereocenters. The first-order valence-electron chi connectivity index (χ1n) is 45.0. The molecular weight excluding hydrogens is 1730 g/mol. The van der Waals surface area contributed by atoms with Crippen molar-refractivity contribution in [2.45, 2.75) is 50.4 Å². The summed E-state index contributed by atoms with van der Waals surface area (Å²) in [6.45, 7) is 19.2. The number of ether oxygens (including phenoxy) is 11. The molecular formula is C101H110FN9O23. The standard InChI is InChI=1S/C26H30N2O6.C25H25FN2O6.C25H27N3O6.C25H28N2O5/c1-32-20-11-6-10-19(25(20)33-2)22-21(23(29)18-8-4-3-5-9-18)24(30)26(31)28(22)13-7-12-27-14-16-34-17-15-27;26-18-5-2-1-4-17(18)22-21(23(29)16-6-7-19-20(14-16)34-15-33-19)24(30)25(31)28(22)9-3-8-27-10-12-32-13-11-27;29-23(18-2-3-19-20(16-18)34-15-14-33-19)21-22(17-4-6-26-7-5-17)28(25(31)24(21)30)9-1-8-27-10-12-32-13-11-27;1-17-6-8-18(9-7-17)23(28)21-22(19-4-3-5-20(16-19)31-2)27(25(30)24(21)29)11-10-26-12-14-32-15-13-26/h3-6,8-11,22,29H,7,12-17H2,1-2H3;1-2,4-7,14,22,29H,3,8-13,15H2;2-7,16,22,29H,1,8-15H2;3-9,16,22,28H,10-15H2,1-2H3. The van der Waals surface area contributed by atoms with E-state index >= 15 is 0 Å². The number of fused-ring (bicyclic) bond motifs is 2. The molecule has 704 valence electrons. The fraction of sp³-hybridized carbons (Fsp3) is 0.376. The van der Waals surface area contributed by atoms with Gasteiger partial charge in [-0.05, 0) is 110 Å². The molecule has 0 bridgehead atoms. The zero-order valence-corrected chi connectivity index (χ0v) is 75.3. The molecule has 11 heterocycles. The molecule has 0 saturated carbocycles. The number of nitrogens with zero attached hydrogens (tertiary/aromatic N) is 9. The van der Waals surface area contributed by atoms with Gasteiger partial charge in [-0.15, -0.1) is 0 Å². The number of Topliss-reactive ketones (excluding diaryl/α,β-unsaturated/α-hetero) is 4. The van der Waals surface area contributed by atoms with Crippen molar-refractivity contribution in [1.29, 1.82) is 0 Å². The number of benzene rings is 7. The molecule has 8 aromatic rings. The van der Waals surface area contributed by atoms with E-state index in [2.05, 4.69) is 24.6 Å². The molecule has 0 spiro atoms. The number of hydrogen-bond donors (Lipinski definition) is 4. The molecule has 0 aliphatic carbocycles. The third-order valence-electron chi connectivity index (χ3n) is 25.0. The number of ketones is 4. The summed E-state index contributed by atoms with van der Waals surface area (Å²) < 4.78 is 74.8. The molecule has 1 aromatic heterocycles. The summed E-state index contributed by atoms with van der Waals surface area (Å²) in [5.74, 6) is -3.47. The van der Waals surface area contributed by atoms with Gasteiger partial charge in [-0.2, -0.15) is 0 Å². The normalized spacial score (nSPS) is 21.5. The maximum Gasteiger partial charge on any atom is 0.295 e. The van der Waals surface area contributed by atoms with Gasteiger partial charge in [-0.3, -0.25) is 62.9 Å². The van der Waals surface area contributed by atoms with Crippen molar-refractivity contribution >= 4 is 69.8 Å². The van der Waals surface area contributed by atoms with E-state index in [9.17, 15) is 63.2 Å². The van der Waals surface area contributed by atoms with Gasteiger partial charge in [0.25, 0.3) is 46.8 Å². The van der Waals surface area contributed by atoms with E-state index in [0.29, 0.717) is 174 Å². The van der Waals surface area contributed by atoms with E-state index in [4.69, 9.17) is 52.1 Å². The van der Waals surface area contributed by atoms with Crippen molar-refractivity contribution in [3.8, 4) is 40.2 Å². The van der Waals surface area contributed by atoms with Crippen LogP contribution in [0.2, 0.25) is 0 Å². The Morgan fingerprint density at radius 3 is 1.25 bits per heavy atom. The molecule has 4 amide bonds. The van der Waals surface area contributed by atoms with Crippen LogP contribution in [0, 0.1) is 12.7 Å². The van der Waals surface area contributed by atoms with Crippen LogP contribution in [0.15, 0.2) is 205 Å². The van der Waals surface area contributed by atoms with Crippen molar-refractivity contribution in [3.05, 3.63) is 260 Å². The molecule has 18 rings (SSSR count). The minimum atomic E-state index is -1.03. The van der Waals surface area contributed by atoms with Crippen LogP contribution >= 0.6 is 0 Å². The van der Waals surface area contributed by atoms with E-state index in [-0.39, 0.29) is 69.8 Å². The SMILES string of the molecule is COc1cccc(C2C(=C(O)c3ccc(C)cc3)C(=O)C(=O)N2CCN2CCOCC2)c1.COc1cccc(C2C(=C(O)c3ccccc3)C(=O)C(=O)N2CCCN2CCOCC2)c1OC.O=C1C(=O)N(CCCN2CCOCC2)C(c2ccccc2F)C1=C(O)c1ccc2c(c1)OCO2.O=C1C(=O)N(CCCN2CCOCC2)C(c2ccncc2)C1=C(O)c1ccc2c(c1)OCCO2. The van der Waals surface area contributed by atoms with E-state index in [0.717, 1.165) is 88.7 Å². The van der Waals surface area contributed by atoms with E-state index in [1.165, 1.54) is 36.2 Å². The second kappa shape index (κ2) is 44.9. The summed E-state index contributed by atoms with van der Waals surface area (Å²) in [6.07, 6.45) is 5.22. The van der Waals surface area contributed by atoms with Gasteiger partial charge < -0.3 is 92.1 Å². The van der Waals surface area contributed by atoms with Gasteiger partial charge in [0.15, 0.2) is 34.5 Å². The highest BCUT2D eigenvalue weighted by Gasteiger charge is 2.51. The van der Waals surface area contributed by atoms with Crippen molar-refractivity contribution < 1.29 is 115 Å². The van der Waals surface area contributed by atoms with Crippen LogP contribution < -0.4 is 33.2 Å². The lowest BCUT2D eigenvalue weighted by Gasteiger charge is -2.31. The van der Waals surface area contributed by atoms with Crippen LogP contribution in [0.4, 0.5) is 4.39 Å². The number of likely N-dealkylation sites (tertiary alicyclic amines) is 4. The quantitative estimate of drug-likeness (QED) is 0.0222. The Hall–Kier alpha value is -13.4. The van der Waals surface area contributed by atoms with Crippen molar-refractivity contribution in [2.24, 2.45) is 0 Å². The van der Waals surface area contributed by atoms with Crippen LogP contribution in [-0.4, -0.2) is 310 Å². The van der Waals surface area contributed by atoms with Crippen LogP contribution in [-0.2, 0) is 57.3 Å². The smallest absolute Gasteiger partial charge is 0.295 e. The molecule has 10 aliphatic heterocycles. The van der Waals surface area contributed by atoms with E-state index in [1.54, 1.807) is 151 Å². The largest absolute Gasteiger partial charge is 0.507 e. The summed E-state index contributed by atoms with van der Waals surface area (Å²) >= 11 is 0. The number of morpholine rings is 4. The first kappa shape index (κ1) is 95.2. The Morgan fingerprint density at radius 1 is 0.358 bits per heavy atom. The predicted molar refractivity (Wildman–Crippen MR) is 490 cm³/mol. The Balaban J connectivity index is 0.000000136. The van der Waals surface area contributed by atoms with Crippen LogP contribution in [0.3, 0.4) is 0 Å². The number of aromatic nitrogens is 1. The number of aliphatic hydroxyl groups is 4. The Kier molecular flexibility index (Phi) is 31.9. The van der Waals surface area contributed by atoms with Crippen molar-refractivity contribution in [3.63, 3.8) is 0 Å². The number of halogens is 1. The molecule has 4 N–H and O–H groups in total. The summed E-state index contributed by atoms with van der Waals surface area (Å²) in [6, 6.07) is 44.7. The highest BCUT2D eigenvalue weighted by atomic mass is 19.1. The molecule has 8 fully saturated rings. The maximum atomic E-state index is 14.9. The molecule has 33 heteroatoms. The molecule has 7 aromatic carbocycles. The van der Waals surface area contributed by atoms with Crippen molar-refractivity contribution in [2.75, 3.05) is 199 Å². The lowest BCUT2D eigenvalue weighted by Crippen LogP contribution is -2.42. The number of carbonyl (C=O) groups is 8. The van der Waals surface area contributed by atoms with E-state index in [1.807, 2.05) is 43.3 Å². The van der Waals surface area contributed by atoms with Gasteiger partial charge in [0.05, 0.1) is 121 Å². The van der Waals surface area contributed by atoms with Crippen LogP contribution in [0.5, 0.6) is 40.2 Å². The van der Waals surface area contributed by atoms with Gasteiger partial charge in [0.1, 0.15) is 47.8 Å². The Bertz CT molecular complexity index is 5710. The number of methoxy groups -OCH3 is 3. The summed E-state index contributed by atoms with van der Waals surface area (Å²) in [5, 5.41) is 44.7.